The first-order chi connectivity index (χ1) is 20.8. The summed E-state index contributed by atoms with van der Waals surface area (Å²) in [6, 6.07) is 50.1. The van der Waals surface area contributed by atoms with Crippen LogP contribution in [0.15, 0.2) is 140 Å². The van der Waals surface area contributed by atoms with Gasteiger partial charge in [0.05, 0.1) is 10.8 Å². The second-order valence-corrected chi connectivity index (χ2v) is 16.5. The van der Waals surface area contributed by atoms with E-state index in [0.717, 1.165) is 6.16 Å². The molecule has 216 valence electrons. The van der Waals surface area contributed by atoms with Crippen LogP contribution in [0.5, 0.6) is 0 Å². The molecule has 2 nitrogen and oxygen atoms in total. The summed E-state index contributed by atoms with van der Waals surface area (Å²) in [6.07, 6.45) is 0.849. The van der Waals surface area contributed by atoms with E-state index in [4.69, 9.17) is 0 Å². The van der Waals surface area contributed by atoms with Gasteiger partial charge >= 0.3 is 0 Å². The Morgan fingerprint density at radius 1 is 0.651 bits per heavy atom. The molecule has 0 fully saturated rings. The first-order valence-electron chi connectivity index (χ1n) is 14.8. The summed E-state index contributed by atoms with van der Waals surface area (Å²) in [5.74, 6) is 0. The highest BCUT2D eigenvalue weighted by atomic mass is 32.2. The zero-order valence-electron chi connectivity index (χ0n) is 25.3. The Bertz CT molecular complexity index is 1790. The summed E-state index contributed by atoms with van der Waals surface area (Å²) in [5.41, 5.74) is 3.66. The van der Waals surface area contributed by atoms with E-state index >= 15 is 0 Å². The van der Waals surface area contributed by atoms with E-state index < -0.39 is 23.7 Å². The lowest BCUT2D eigenvalue weighted by Gasteiger charge is -2.36. The summed E-state index contributed by atoms with van der Waals surface area (Å²) < 4.78 is 15.9. The molecule has 0 aliphatic carbocycles. The Morgan fingerprint density at radius 2 is 1.12 bits per heavy atom. The van der Waals surface area contributed by atoms with Gasteiger partial charge in [0.1, 0.15) is 11.0 Å². The number of hydrogen-bond donors (Lipinski definition) is 0. The Hall–Kier alpha value is -3.62. The van der Waals surface area contributed by atoms with Crippen LogP contribution in [0.25, 0.3) is 32.7 Å². The summed E-state index contributed by atoms with van der Waals surface area (Å²) in [7, 11) is 0.0986. The van der Waals surface area contributed by atoms with Gasteiger partial charge in [0.25, 0.3) is 0 Å². The van der Waals surface area contributed by atoms with Crippen molar-refractivity contribution in [3.8, 4) is 11.1 Å². The third-order valence-corrected chi connectivity index (χ3v) is 12.5. The number of nitrogens with zero attached hydrogens (tertiary/aromatic N) is 1. The van der Waals surface area contributed by atoms with Crippen molar-refractivity contribution in [1.82, 2.24) is 4.31 Å². The minimum Gasteiger partial charge on any atom is -0.242 e. The lowest BCUT2D eigenvalue weighted by atomic mass is 9.88. The van der Waals surface area contributed by atoms with E-state index in [2.05, 4.69) is 165 Å². The van der Waals surface area contributed by atoms with Gasteiger partial charge < -0.3 is 0 Å². The van der Waals surface area contributed by atoms with Crippen LogP contribution in [-0.4, -0.2) is 26.5 Å². The Kier molecular flexibility index (Phi) is 8.59. The minimum absolute atomic E-state index is 0.0829. The molecule has 0 radical (unpaired) electrons. The lowest BCUT2D eigenvalue weighted by molar-refractivity contribution is 0.422. The van der Waals surface area contributed by atoms with E-state index in [0.29, 0.717) is 0 Å². The molecular weight excluding hydrogens is 561 g/mol. The minimum atomic E-state index is -1.22. The highest BCUT2D eigenvalue weighted by molar-refractivity contribution is 7.84. The molecule has 0 saturated heterocycles. The maximum atomic E-state index is 14.2. The predicted octanol–water partition coefficient (Wildman–Crippen LogP) is 9.23. The van der Waals surface area contributed by atoms with Crippen molar-refractivity contribution >= 4 is 51.1 Å². The van der Waals surface area contributed by atoms with Crippen LogP contribution in [0.2, 0.25) is 0 Å². The second-order valence-electron chi connectivity index (χ2n) is 12.0. The van der Waals surface area contributed by atoms with Crippen molar-refractivity contribution in [2.45, 2.75) is 31.6 Å². The van der Waals surface area contributed by atoms with Crippen molar-refractivity contribution < 1.29 is 4.21 Å². The van der Waals surface area contributed by atoms with Crippen LogP contribution in [-0.2, 0) is 11.0 Å². The zero-order valence-corrected chi connectivity index (χ0v) is 27.0. The van der Waals surface area contributed by atoms with Gasteiger partial charge in [-0.15, -0.1) is 0 Å². The molecule has 0 amide bonds. The van der Waals surface area contributed by atoms with Gasteiger partial charge in [0, 0.05) is 7.05 Å². The average Bonchev–Trinajstić information content (AvgIpc) is 3.04. The number of benzene rings is 6. The smallest absolute Gasteiger partial charge is 0.100 e. The molecule has 0 N–H and O–H groups in total. The number of hydrogen-bond acceptors (Lipinski definition) is 1. The van der Waals surface area contributed by atoms with Crippen LogP contribution in [0.1, 0.15) is 32.4 Å². The average molecular weight is 600 g/mol. The third-order valence-electron chi connectivity index (χ3n) is 8.08. The van der Waals surface area contributed by atoms with Gasteiger partial charge in [-0.05, 0) is 89.8 Å². The molecule has 0 aliphatic rings. The van der Waals surface area contributed by atoms with Gasteiger partial charge in [-0.3, -0.25) is 0 Å². The van der Waals surface area contributed by atoms with E-state index in [9.17, 15) is 4.21 Å². The van der Waals surface area contributed by atoms with Gasteiger partial charge in [0.2, 0.25) is 0 Å². The van der Waals surface area contributed by atoms with Crippen molar-refractivity contribution in [3.05, 3.63) is 145 Å². The van der Waals surface area contributed by atoms with Gasteiger partial charge in [-0.25, -0.2) is 8.51 Å². The fourth-order valence-corrected chi connectivity index (χ4v) is 9.99. The van der Waals surface area contributed by atoms with Gasteiger partial charge in [-0.1, -0.05) is 133 Å². The fourth-order valence-electron chi connectivity index (χ4n) is 6.02. The molecule has 4 heteroatoms. The highest BCUT2D eigenvalue weighted by Crippen LogP contribution is 2.45. The van der Waals surface area contributed by atoms with Gasteiger partial charge in [-0.2, -0.15) is 0 Å². The normalized spacial score (nSPS) is 13.5. The summed E-state index contributed by atoms with van der Waals surface area (Å²) in [5, 5.41) is 7.59. The molecule has 6 aromatic carbocycles. The summed E-state index contributed by atoms with van der Waals surface area (Å²) >= 11 is 0. The van der Waals surface area contributed by atoms with Crippen LogP contribution in [0.3, 0.4) is 0 Å². The SMILES string of the molecule is CN(C(CP(c1ccccc1)c1ccccc1)c1ccccc1-c1c2ccccc2cc2ccccc12)S(=O)C(C)(C)C. The number of fused-ring (bicyclic) bond motifs is 2. The molecule has 0 bridgehead atoms. The van der Waals surface area contributed by atoms with Crippen LogP contribution in [0.4, 0.5) is 0 Å². The predicted molar refractivity (Wildman–Crippen MR) is 189 cm³/mol. The molecule has 0 heterocycles. The van der Waals surface area contributed by atoms with E-state index in [-0.39, 0.29) is 6.04 Å². The van der Waals surface area contributed by atoms with Crippen LogP contribution < -0.4 is 10.6 Å². The summed E-state index contributed by atoms with van der Waals surface area (Å²) in [6.45, 7) is 6.20. The Morgan fingerprint density at radius 3 is 1.65 bits per heavy atom. The van der Waals surface area contributed by atoms with Gasteiger partial charge in [0.15, 0.2) is 0 Å². The topological polar surface area (TPSA) is 20.3 Å². The van der Waals surface area contributed by atoms with E-state index in [1.165, 1.54) is 48.8 Å². The first-order valence-corrected chi connectivity index (χ1v) is 17.5. The highest BCUT2D eigenvalue weighted by Gasteiger charge is 2.33. The zero-order chi connectivity index (χ0) is 30.0. The molecular formula is C39H38NOPS. The molecule has 2 atom stereocenters. The largest absolute Gasteiger partial charge is 0.242 e. The monoisotopic (exact) mass is 599 g/mol. The molecule has 0 saturated carbocycles. The van der Waals surface area contributed by atoms with Crippen LogP contribution >= 0.6 is 7.92 Å². The fraction of sp³-hybridized carbons (Fsp3) is 0.179. The quantitative estimate of drug-likeness (QED) is 0.126. The molecule has 43 heavy (non-hydrogen) atoms. The van der Waals surface area contributed by atoms with E-state index in [1.54, 1.807) is 0 Å². The number of rotatable bonds is 8. The van der Waals surface area contributed by atoms with Crippen molar-refractivity contribution in [3.63, 3.8) is 0 Å². The Labute approximate surface area is 259 Å². The lowest BCUT2D eigenvalue weighted by Crippen LogP contribution is -2.39. The van der Waals surface area contributed by atoms with Crippen LogP contribution in [0, 0.1) is 0 Å². The molecule has 2 unspecified atom stereocenters. The van der Waals surface area contributed by atoms with E-state index in [1.807, 2.05) is 7.05 Å². The summed E-state index contributed by atoms with van der Waals surface area (Å²) in [4.78, 5) is 0. The maximum Gasteiger partial charge on any atom is 0.100 e. The molecule has 6 aromatic rings. The molecule has 0 aromatic heterocycles. The van der Waals surface area contributed by atoms with Crippen molar-refractivity contribution in [2.24, 2.45) is 0 Å². The standard InChI is InChI=1S/C39H38NOPS/c1-39(2,3)43(41)40(4)37(28-42(31-19-7-5-8-20-31)32-21-9-6-10-22-32)35-25-15-16-26-36(35)38-33-23-13-11-17-29(33)27-30-18-12-14-24-34(30)38/h5-27,37H,28H2,1-4H3. The molecule has 0 aliphatic heterocycles. The molecule has 6 rings (SSSR count). The Balaban J connectivity index is 1.60. The van der Waals surface area contributed by atoms with Crippen molar-refractivity contribution in [1.29, 1.82) is 0 Å². The molecule has 0 spiro atoms. The first kappa shape index (κ1) is 29.5. The third kappa shape index (κ3) is 6.08. The second kappa shape index (κ2) is 12.5. The maximum absolute atomic E-state index is 14.2. The van der Waals surface area contributed by atoms with Crippen molar-refractivity contribution in [2.75, 3.05) is 13.2 Å².